The zero-order valence-corrected chi connectivity index (χ0v) is 8.89. The van der Waals surface area contributed by atoms with Crippen LogP contribution in [0.3, 0.4) is 0 Å². The summed E-state index contributed by atoms with van der Waals surface area (Å²) in [5.41, 5.74) is 2.55. The summed E-state index contributed by atoms with van der Waals surface area (Å²) >= 11 is 0. The Kier molecular flexibility index (Phi) is 7.16. The number of hydrogen-bond donors (Lipinski definition) is 1. The van der Waals surface area contributed by atoms with Crippen LogP contribution in [0.4, 0.5) is 0 Å². The van der Waals surface area contributed by atoms with E-state index in [0.29, 0.717) is 19.8 Å². The van der Waals surface area contributed by atoms with Gasteiger partial charge in [0.2, 0.25) is 0 Å². The van der Waals surface area contributed by atoms with Gasteiger partial charge in [0.1, 0.15) is 0 Å². The first-order chi connectivity index (χ1) is 6.12. The maximum Gasteiger partial charge on any atom is 0.151 e. The van der Waals surface area contributed by atoms with E-state index in [1.54, 1.807) is 14.0 Å². The average molecular weight is 211 g/mol. The van der Waals surface area contributed by atoms with Crippen molar-refractivity contribution in [3.8, 4) is 0 Å². The van der Waals surface area contributed by atoms with Crippen molar-refractivity contribution in [2.75, 3.05) is 38.4 Å². The van der Waals surface area contributed by atoms with Crippen LogP contribution in [0.2, 0.25) is 0 Å². The third-order valence-corrected chi connectivity index (χ3v) is 3.15. The summed E-state index contributed by atoms with van der Waals surface area (Å²) in [5.74, 6) is 0.281. The average Bonchev–Trinajstić information content (AvgIpc) is 2.11. The Morgan fingerprint density at radius 1 is 1.31 bits per heavy atom. The van der Waals surface area contributed by atoms with Crippen molar-refractivity contribution >= 4 is 9.84 Å². The van der Waals surface area contributed by atoms with E-state index in [2.05, 4.69) is 5.48 Å². The third kappa shape index (κ3) is 8.17. The first-order valence-electron chi connectivity index (χ1n) is 4.16. The lowest BCUT2D eigenvalue weighted by Gasteiger charge is -2.04. The van der Waals surface area contributed by atoms with Crippen molar-refractivity contribution in [2.45, 2.75) is 6.92 Å². The van der Waals surface area contributed by atoms with Crippen molar-refractivity contribution in [1.82, 2.24) is 5.48 Å². The van der Waals surface area contributed by atoms with Gasteiger partial charge in [0, 0.05) is 19.4 Å². The van der Waals surface area contributed by atoms with Crippen molar-refractivity contribution in [1.29, 1.82) is 0 Å². The summed E-state index contributed by atoms with van der Waals surface area (Å²) in [7, 11) is -1.31. The largest absolute Gasteiger partial charge is 0.382 e. The summed E-state index contributed by atoms with van der Waals surface area (Å²) in [6.45, 7) is 2.86. The molecule has 0 aromatic heterocycles. The Morgan fingerprint density at radius 3 is 2.54 bits per heavy atom. The Bertz CT molecular complexity index is 203. The van der Waals surface area contributed by atoms with E-state index in [1.807, 2.05) is 0 Å². The molecule has 0 saturated carbocycles. The number of ether oxygens (including phenoxy) is 1. The number of methoxy groups -OCH3 is 1. The second-order valence-corrected chi connectivity index (χ2v) is 4.94. The molecule has 0 amide bonds. The maximum absolute atomic E-state index is 11.0. The topological polar surface area (TPSA) is 64.6 Å². The van der Waals surface area contributed by atoms with Gasteiger partial charge in [0.25, 0.3) is 0 Å². The second kappa shape index (κ2) is 7.25. The summed E-state index contributed by atoms with van der Waals surface area (Å²) in [6.07, 6.45) is 0. The number of hydrogen-bond acceptors (Lipinski definition) is 5. The molecule has 80 valence electrons. The summed E-state index contributed by atoms with van der Waals surface area (Å²) in [5, 5.41) is 0. The van der Waals surface area contributed by atoms with Crippen LogP contribution in [-0.2, 0) is 19.4 Å². The molecule has 0 aliphatic rings. The van der Waals surface area contributed by atoms with Crippen LogP contribution in [-0.4, -0.2) is 46.8 Å². The van der Waals surface area contributed by atoms with E-state index in [1.165, 1.54) is 0 Å². The molecule has 1 N–H and O–H groups in total. The predicted octanol–water partition coefficient (Wildman–Crippen LogP) is -0.411. The highest BCUT2D eigenvalue weighted by atomic mass is 32.2. The molecule has 0 radical (unpaired) electrons. The first-order valence-corrected chi connectivity index (χ1v) is 5.98. The Balaban J connectivity index is 3.26. The van der Waals surface area contributed by atoms with Gasteiger partial charge in [0.15, 0.2) is 9.84 Å². The molecule has 0 aliphatic carbocycles. The maximum atomic E-state index is 11.0. The van der Waals surface area contributed by atoms with Crippen LogP contribution in [0.15, 0.2) is 0 Å². The van der Waals surface area contributed by atoms with Gasteiger partial charge < -0.3 is 4.74 Å². The fraction of sp³-hybridized carbons (Fsp3) is 1.00. The van der Waals surface area contributed by atoms with Crippen molar-refractivity contribution < 1.29 is 18.0 Å². The SMILES string of the molecule is CCS(=O)(=O)CCNOCCOC. The molecule has 0 saturated heterocycles. The second-order valence-electron chi connectivity index (χ2n) is 2.47. The van der Waals surface area contributed by atoms with Crippen molar-refractivity contribution in [2.24, 2.45) is 0 Å². The van der Waals surface area contributed by atoms with Gasteiger partial charge in [0.05, 0.1) is 19.0 Å². The fourth-order valence-electron chi connectivity index (χ4n) is 0.611. The molecule has 0 spiro atoms. The lowest BCUT2D eigenvalue weighted by atomic mass is 10.8. The molecule has 0 unspecified atom stereocenters. The van der Waals surface area contributed by atoms with Crippen molar-refractivity contribution in [3.05, 3.63) is 0 Å². The standard InChI is InChI=1S/C7H17NO4S/c1-3-13(9,10)7-4-8-12-6-5-11-2/h8H,3-7H2,1-2H3. The lowest BCUT2D eigenvalue weighted by molar-refractivity contribution is 0.00978. The molecule has 5 nitrogen and oxygen atoms in total. The van der Waals surface area contributed by atoms with Gasteiger partial charge in [-0.2, -0.15) is 0 Å². The quantitative estimate of drug-likeness (QED) is 0.437. The molecule has 0 heterocycles. The Hall–Kier alpha value is -0.170. The van der Waals surface area contributed by atoms with E-state index in [4.69, 9.17) is 9.57 Å². The highest BCUT2D eigenvalue weighted by molar-refractivity contribution is 7.91. The number of rotatable bonds is 8. The van der Waals surface area contributed by atoms with Gasteiger partial charge in [-0.3, -0.25) is 4.84 Å². The van der Waals surface area contributed by atoms with Crippen LogP contribution in [0, 0.1) is 0 Å². The van der Waals surface area contributed by atoms with Gasteiger partial charge in [-0.05, 0) is 0 Å². The minimum absolute atomic E-state index is 0.108. The molecule has 0 aliphatic heterocycles. The molecule has 0 rings (SSSR count). The highest BCUT2D eigenvalue weighted by Gasteiger charge is 2.05. The Morgan fingerprint density at radius 2 is 2.00 bits per heavy atom. The molecule has 13 heavy (non-hydrogen) atoms. The third-order valence-electron chi connectivity index (χ3n) is 1.45. The van der Waals surface area contributed by atoms with Crippen LogP contribution in [0.5, 0.6) is 0 Å². The van der Waals surface area contributed by atoms with E-state index in [-0.39, 0.29) is 11.5 Å². The van der Waals surface area contributed by atoms with Crippen LogP contribution >= 0.6 is 0 Å². The van der Waals surface area contributed by atoms with Crippen LogP contribution in [0.25, 0.3) is 0 Å². The molecule has 0 aromatic carbocycles. The summed E-state index contributed by atoms with van der Waals surface area (Å²) in [4.78, 5) is 4.87. The monoisotopic (exact) mass is 211 g/mol. The van der Waals surface area contributed by atoms with E-state index in [9.17, 15) is 8.42 Å². The van der Waals surface area contributed by atoms with Gasteiger partial charge in [-0.15, -0.1) is 0 Å². The van der Waals surface area contributed by atoms with E-state index >= 15 is 0 Å². The van der Waals surface area contributed by atoms with Gasteiger partial charge in [-0.25, -0.2) is 13.9 Å². The number of sulfone groups is 1. The number of nitrogens with one attached hydrogen (secondary N) is 1. The summed E-state index contributed by atoms with van der Waals surface area (Å²) < 4.78 is 26.7. The predicted molar refractivity (Wildman–Crippen MR) is 50.2 cm³/mol. The lowest BCUT2D eigenvalue weighted by Crippen LogP contribution is -2.25. The molecule has 6 heteroatoms. The van der Waals surface area contributed by atoms with Gasteiger partial charge >= 0.3 is 0 Å². The van der Waals surface area contributed by atoms with Crippen LogP contribution < -0.4 is 5.48 Å². The molecular weight excluding hydrogens is 194 g/mol. The molecule has 0 bridgehead atoms. The van der Waals surface area contributed by atoms with E-state index in [0.717, 1.165) is 0 Å². The van der Waals surface area contributed by atoms with Crippen LogP contribution in [0.1, 0.15) is 6.92 Å². The molecule has 0 fully saturated rings. The molecule has 0 atom stereocenters. The minimum atomic E-state index is -2.89. The minimum Gasteiger partial charge on any atom is -0.382 e. The first kappa shape index (κ1) is 12.8. The van der Waals surface area contributed by atoms with E-state index < -0.39 is 9.84 Å². The molecule has 0 aromatic rings. The molecular formula is C7H17NO4S. The number of hydroxylamine groups is 1. The fourth-order valence-corrected chi connectivity index (χ4v) is 1.29. The van der Waals surface area contributed by atoms with Gasteiger partial charge in [-0.1, -0.05) is 6.92 Å². The zero-order valence-electron chi connectivity index (χ0n) is 8.08. The summed E-state index contributed by atoms with van der Waals surface area (Å²) in [6, 6.07) is 0. The van der Waals surface area contributed by atoms with Crippen molar-refractivity contribution in [3.63, 3.8) is 0 Å². The normalized spacial score (nSPS) is 11.8. The smallest absolute Gasteiger partial charge is 0.151 e. The Labute approximate surface area is 79.3 Å². The zero-order chi connectivity index (χ0) is 10.2. The highest BCUT2D eigenvalue weighted by Crippen LogP contribution is 1.86.